The average Bonchev–Trinajstić information content (AvgIpc) is 2.61. The van der Waals surface area contributed by atoms with E-state index in [1.165, 1.54) is 11.1 Å². The van der Waals surface area contributed by atoms with Crippen LogP contribution in [0.4, 0.5) is 0 Å². The molecule has 5 heteroatoms. The number of aliphatic hydroxyl groups excluding tert-OH is 1. The molecule has 0 aromatic heterocycles. The molecule has 0 aliphatic carbocycles. The van der Waals surface area contributed by atoms with Gasteiger partial charge in [0.25, 0.3) is 0 Å². The molecule has 5 nitrogen and oxygen atoms in total. The van der Waals surface area contributed by atoms with Crippen molar-refractivity contribution in [3.63, 3.8) is 0 Å². The highest BCUT2D eigenvalue weighted by atomic mass is 16.3. The number of benzene rings is 1. The van der Waals surface area contributed by atoms with E-state index in [4.69, 9.17) is 4.99 Å². The van der Waals surface area contributed by atoms with Crippen molar-refractivity contribution >= 4 is 5.96 Å². The molecule has 0 heterocycles. The monoisotopic (exact) mass is 362 g/mol. The zero-order valence-electron chi connectivity index (χ0n) is 17.3. The maximum Gasteiger partial charge on any atom is 0.191 e. The number of hydrogen-bond acceptors (Lipinski definition) is 3. The third-order valence-electron chi connectivity index (χ3n) is 4.63. The molecule has 2 unspecified atom stereocenters. The first-order valence-corrected chi connectivity index (χ1v) is 9.87. The Kier molecular flexibility index (Phi) is 11.0. The van der Waals surface area contributed by atoms with E-state index >= 15 is 0 Å². The van der Waals surface area contributed by atoms with E-state index in [1.54, 1.807) is 0 Å². The normalized spacial score (nSPS) is 14.3. The standard InChI is InChI=1S/C21H38N4O/c1-6-8-18(13-14-26)15-23-21(22-7-2)24-16-20(25(4)5)19-11-9-17(3)10-12-19/h9-12,18,20,26H,6-8,13-16H2,1-5H3,(H2,22,23,24). The number of aliphatic hydroxyl groups is 1. The summed E-state index contributed by atoms with van der Waals surface area (Å²) in [6, 6.07) is 9.00. The van der Waals surface area contributed by atoms with Gasteiger partial charge in [0.15, 0.2) is 5.96 Å². The molecule has 0 saturated carbocycles. The Morgan fingerprint density at radius 2 is 1.81 bits per heavy atom. The van der Waals surface area contributed by atoms with Crippen LogP contribution in [0.25, 0.3) is 0 Å². The smallest absolute Gasteiger partial charge is 0.191 e. The summed E-state index contributed by atoms with van der Waals surface area (Å²) in [5.41, 5.74) is 2.58. The number of likely N-dealkylation sites (N-methyl/N-ethyl adjacent to an activating group) is 1. The van der Waals surface area contributed by atoms with Gasteiger partial charge < -0.3 is 20.6 Å². The van der Waals surface area contributed by atoms with E-state index < -0.39 is 0 Å². The summed E-state index contributed by atoms with van der Waals surface area (Å²) >= 11 is 0. The molecular formula is C21H38N4O. The summed E-state index contributed by atoms with van der Waals surface area (Å²) in [6.07, 6.45) is 3.05. The van der Waals surface area contributed by atoms with Crippen LogP contribution >= 0.6 is 0 Å². The molecule has 148 valence electrons. The van der Waals surface area contributed by atoms with Crippen LogP contribution in [-0.4, -0.2) is 56.3 Å². The first kappa shape index (κ1) is 22.5. The van der Waals surface area contributed by atoms with Crippen molar-refractivity contribution in [3.8, 4) is 0 Å². The van der Waals surface area contributed by atoms with Crippen LogP contribution in [0, 0.1) is 12.8 Å². The summed E-state index contributed by atoms with van der Waals surface area (Å²) < 4.78 is 0. The molecule has 2 atom stereocenters. The molecule has 1 aromatic carbocycles. The Morgan fingerprint density at radius 1 is 1.12 bits per heavy atom. The lowest BCUT2D eigenvalue weighted by atomic mass is 10.0. The van der Waals surface area contributed by atoms with Gasteiger partial charge >= 0.3 is 0 Å². The topological polar surface area (TPSA) is 59.9 Å². The van der Waals surface area contributed by atoms with Gasteiger partial charge in [-0.3, -0.25) is 4.99 Å². The van der Waals surface area contributed by atoms with E-state index in [0.29, 0.717) is 5.92 Å². The van der Waals surface area contributed by atoms with E-state index in [9.17, 15) is 5.11 Å². The van der Waals surface area contributed by atoms with E-state index in [-0.39, 0.29) is 12.6 Å². The molecule has 1 aromatic rings. The number of nitrogens with zero attached hydrogens (tertiary/aromatic N) is 2. The van der Waals surface area contributed by atoms with Crippen LogP contribution < -0.4 is 10.6 Å². The van der Waals surface area contributed by atoms with Crippen LogP contribution in [0.3, 0.4) is 0 Å². The largest absolute Gasteiger partial charge is 0.396 e. The van der Waals surface area contributed by atoms with Gasteiger partial charge in [0.2, 0.25) is 0 Å². The molecule has 1 rings (SSSR count). The van der Waals surface area contributed by atoms with Gasteiger partial charge in [0.1, 0.15) is 0 Å². The van der Waals surface area contributed by atoms with Crippen molar-refractivity contribution in [3.05, 3.63) is 35.4 Å². The predicted octanol–water partition coefficient (Wildman–Crippen LogP) is 2.95. The zero-order chi connectivity index (χ0) is 19.4. The molecule has 3 N–H and O–H groups in total. The summed E-state index contributed by atoms with van der Waals surface area (Å²) in [5, 5.41) is 16.1. The minimum atomic E-state index is 0.236. The van der Waals surface area contributed by atoms with E-state index in [2.05, 4.69) is 74.7 Å². The summed E-state index contributed by atoms with van der Waals surface area (Å²) in [5.74, 6) is 1.30. The number of aliphatic imine (C=N–C) groups is 1. The first-order chi connectivity index (χ1) is 12.5. The third kappa shape index (κ3) is 8.19. The number of nitrogens with one attached hydrogen (secondary N) is 2. The van der Waals surface area contributed by atoms with Crippen LogP contribution in [0.5, 0.6) is 0 Å². The van der Waals surface area contributed by atoms with Crippen molar-refractivity contribution in [2.45, 2.75) is 46.1 Å². The second-order valence-corrected chi connectivity index (χ2v) is 7.16. The maximum absolute atomic E-state index is 9.23. The molecule has 0 aliphatic rings. The van der Waals surface area contributed by atoms with Gasteiger partial charge in [0, 0.05) is 26.2 Å². The molecule has 0 fully saturated rings. The van der Waals surface area contributed by atoms with Crippen molar-refractivity contribution in [2.75, 3.05) is 40.3 Å². The Labute approximate surface area is 159 Å². The van der Waals surface area contributed by atoms with E-state index in [0.717, 1.165) is 44.9 Å². The lowest BCUT2D eigenvalue weighted by Crippen LogP contribution is -2.42. The zero-order valence-corrected chi connectivity index (χ0v) is 17.3. The number of guanidine groups is 1. The van der Waals surface area contributed by atoms with Crippen molar-refractivity contribution in [1.82, 2.24) is 15.5 Å². The van der Waals surface area contributed by atoms with Crippen molar-refractivity contribution < 1.29 is 5.11 Å². The Hall–Kier alpha value is -1.59. The van der Waals surface area contributed by atoms with Gasteiger partial charge in [-0.25, -0.2) is 0 Å². The number of aryl methyl sites for hydroxylation is 1. The molecule has 0 bridgehead atoms. The number of hydrogen-bond donors (Lipinski definition) is 3. The Balaban J connectivity index is 2.74. The molecule has 0 saturated heterocycles. The number of rotatable bonds is 11. The SMILES string of the molecule is CCCC(CCO)CN=C(NCC)NCC(c1ccc(C)cc1)N(C)C. The van der Waals surface area contributed by atoms with Crippen LogP contribution in [0.2, 0.25) is 0 Å². The fourth-order valence-corrected chi connectivity index (χ4v) is 3.06. The van der Waals surface area contributed by atoms with Crippen LogP contribution in [0.1, 0.15) is 50.3 Å². The molecule has 26 heavy (non-hydrogen) atoms. The Morgan fingerprint density at radius 3 is 2.35 bits per heavy atom. The maximum atomic E-state index is 9.23. The van der Waals surface area contributed by atoms with Crippen LogP contribution in [0.15, 0.2) is 29.3 Å². The molecule has 0 amide bonds. The molecule has 0 aliphatic heterocycles. The Bertz CT molecular complexity index is 507. The van der Waals surface area contributed by atoms with E-state index in [1.807, 2.05) is 0 Å². The van der Waals surface area contributed by atoms with Crippen molar-refractivity contribution in [2.24, 2.45) is 10.9 Å². The lowest BCUT2D eigenvalue weighted by Gasteiger charge is -2.26. The van der Waals surface area contributed by atoms with Gasteiger partial charge in [-0.15, -0.1) is 0 Å². The lowest BCUT2D eigenvalue weighted by molar-refractivity contribution is 0.253. The van der Waals surface area contributed by atoms with Gasteiger partial charge in [-0.2, -0.15) is 0 Å². The fourth-order valence-electron chi connectivity index (χ4n) is 3.06. The highest BCUT2D eigenvalue weighted by Gasteiger charge is 2.15. The highest BCUT2D eigenvalue weighted by Crippen LogP contribution is 2.18. The quantitative estimate of drug-likeness (QED) is 0.418. The summed E-state index contributed by atoms with van der Waals surface area (Å²) in [6.45, 7) is 8.99. The minimum absolute atomic E-state index is 0.236. The molecular weight excluding hydrogens is 324 g/mol. The average molecular weight is 363 g/mol. The predicted molar refractivity (Wildman–Crippen MR) is 112 cm³/mol. The highest BCUT2D eigenvalue weighted by molar-refractivity contribution is 5.79. The second-order valence-electron chi connectivity index (χ2n) is 7.16. The van der Waals surface area contributed by atoms with Gasteiger partial charge in [-0.05, 0) is 52.3 Å². The van der Waals surface area contributed by atoms with Crippen molar-refractivity contribution in [1.29, 1.82) is 0 Å². The first-order valence-electron chi connectivity index (χ1n) is 9.87. The summed E-state index contributed by atoms with van der Waals surface area (Å²) in [4.78, 5) is 6.98. The minimum Gasteiger partial charge on any atom is -0.396 e. The fraction of sp³-hybridized carbons (Fsp3) is 0.667. The molecule has 0 spiro atoms. The van der Waals surface area contributed by atoms with Crippen LogP contribution in [-0.2, 0) is 0 Å². The van der Waals surface area contributed by atoms with Gasteiger partial charge in [0.05, 0.1) is 6.04 Å². The van der Waals surface area contributed by atoms with Gasteiger partial charge in [-0.1, -0.05) is 43.2 Å². The third-order valence-corrected chi connectivity index (χ3v) is 4.63. The second kappa shape index (κ2) is 12.7. The molecule has 0 radical (unpaired) electrons. The summed E-state index contributed by atoms with van der Waals surface area (Å²) in [7, 11) is 4.21.